The van der Waals surface area contributed by atoms with Crippen LogP contribution in [0, 0.1) is 17.3 Å². The first-order valence-corrected chi connectivity index (χ1v) is 10.7. The summed E-state index contributed by atoms with van der Waals surface area (Å²) in [5.41, 5.74) is -1.74. The van der Waals surface area contributed by atoms with Gasteiger partial charge in [-0.2, -0.15) is 9.65 Å². The minimum Gasteiger partial charge on any atom is -0.385 e. The molecule has 1 N–H and O–H groups in total. The number of hydrogen-bond acceptors (Lipinski definition) is 5. The van der Waals surface area contributed by atoms with E-state index in [1.54, 1.807) is 24.3 Å². The number of aromatic nitrogens is 2. The van der Waals surface area contributed by atoms with Crippen LogP contribution in [-0.2, 0) is 5.60 Å². The van der Waals surface area contributed by atoms with Crippen LogP contribution in [-0.4, -0.2) is 39.0 Å². The lowest BCUT2D eigenvalue weighted by molar-refractivity contribution is -0.0212. The molecule has 1 saturated heterocycles. The van der Waals surface area contributed by atoms with Crippen molar-refractivity contribution in [2.45, 2.75) is 24.9 Å². The van der Waals surface area contributed by atoms with Crippen molar-refractivity contribution in [3.05, 3.63) is 82.0 Å². The number of rotatable bonds is 4. The van der Waals surface area contributed by atoms with Gasteiger partial charge in [-0.1, -0.05) is 23.7 Å². The summed E-state index contributed by atoms with van der Waals surface area (Å²) >= 11 is 5.91. The molecule has 0 spiro atoms. The van der Waals surface area contributed by atoms with Crippen LogP contribution in [0.1, 0.15) is 46.4 Å². The number of halogens is 4. The number of nitrogens with zero attached hydrogens (tertiary/aromatic N) is 4. The largest absolute Gasteiger partial charge is 0.385 e. The molecule has 0 saturated carbocycles. The Hall–Kier alpha value is -3.48. The summed E-state index contributed by atoms with van der Waals surface area (Å²) in [5.74, 6) is -1.48. The van der Waals surface area contributed by atoms with Gasteiger partial charge in [-0.05, 0) is 48.7 Å². The molecule has 2 aromatic heterocycles. The van der Waals surface area contributed by atoms with Crippen LogP contribution in [0.25, 0.3) is 11.3 Å². The molecular weight excluding hydrogens is 469 g/mol. The van der Waals surface area contributed by atoms with Crippen molar-refractivity contribution in [1.82, 2.24) is 14.9 Å². The van der Waals surface area contributed by atoms with Gasteiger partial charge >= 0.3 is 0 Å². The predicted octanol–water partition coefficient (Wildman–Crippen LogP) is 4.87. The summed E-state index contributed by atoms with van der Waals surface area (Å²) in [4.78, 5) is 21.9. The van der Waals surface area contributed by atoms with Crippen LogP contribution in [0.15, 0.2) is 48.7 Å². The molecule has 1 aliphatic rings. The second-order valence-corrected chi connectivity index (χ2v) is 8.37. The number of benzene rings is 1. The lowest BCUT2D eigenvalue weighted by Crippen LogP contribution is -2.45. The fourth-order valence-corrected chi connectivity index (χ4v) is 4.11. The van der Waals surface area contributed by atoms with Crippen molar-refractivity contribution in [2.24, 2.45) is 0 Å². The molecule has 0 radical (unpaired) electrons. The van der Waals surface area contributed by atoms with Gasteiger partial charge in [0.05, 0.1) is 22.4 Å². The van der Waals surface area contributed by atoms with E-state index in [1.807, 2.05) is 6.07 Å². The van der Waals surface area contributed by atoms with Gasteiger partial charge in [0.25, 0.3) is 12.3 Å². The van der Waals surface area contributed by atoms with Crippen LogP contribution < -0.4 is 0 Å². The first-order chi connectivity index (χ1) is 16.2. The van der Waals surface area contributed by atoms with E-state index in [0.29, 0.717) is 10.6 Å². The normalized spacial score (nSPS) is 15.3. The Morgan fingerprint density at radius 3 is 2.41 bits per heavy atom. The summed E-state index contributed by atoms with van der Waals surface area (Å²) in [6.07, 6.45) is -1.61. The molecule has 10 heteroatoms. The molecule has 0 atom stereocenters. The molecule has 1 aromatic carbocycles. The number of carbonyl (C=O) groups excluding carboxylic acids is 1. The van der Waals surface area contributed by atoms with Crippen LogP contribution in [0.2, 0.25) is 5.02 Å². The van der Waals surface area contributed by atoms with Gasteiger partial charge in [0, 0.05) is 29.9 Å². The molecule has 3 heterocycles. The molecule has 1 fully saturated rings. The molecular formula is C24H18ClF3N4O2. The van der Waals surface area contributed by atoms with Crippen molar-refractivity contribution in [2.75, 3.05) is 13.1 Å². The average molecular weight is 487 g/mol. The monoisotopic (exact) mass is 486 g/mol. The summed E-state index contributed by atoms with van der Waals surface area (Å²) in [7, 11) is 0. The number of amides is 1. The van der Waals surface area contributed by atoms with Gasteiger partial charge in [-0.25, -0.2) is 18.7 Å². The topological polar surface area (TPSA) is 90.1 Å². The Kier molecular flexibility index (Phi) is 6.55. The zero-order chi connectivity index (χ0) is 24.5. The van der Waals surface area contributed by atoms with Crippen molar-refractivity contribution in [3.8, 4) is 17.3 Å². The third-order valence-corrected chi connectivity index (χ3v) is 6.12. The fraction of sp³-hybridized carbons (Fsp3) is 0.250. The van der Waals surface area contributed by atoms with E-state index in [4.69, 9.17) is 11.6 Å². The predicted molar refractivity (Wildman–Crippen MR) is 118 cm³/mol. The Morgan fingerprint density at radius 2 is 1.85 bits per heavy atom. The minimum atomic E-state index is -3.09. The molecule has 4 rings (SSSR count). The number of hydrogen-bond donors (Lipinski definition) is 1. The molecule has 1 aliphatic heterocycles. The number of nitriles is 1. The zero-order valence-corrected chi connectivity index (χ0v) is 18.4. The molecule has 6 nitrogen and oxygen atoms in total. The number of likely N-dealkylation sites (tertiary alicyclic amines) is 1. The maximum atomic E-state index is 13.9. The second kappa shape index (κ2) is 9.41. The molecule has 174 valence electrons. The molecule has 0 aliphatic carbocycles. The van der Waals surface area contributed by atoms with Crippen molar-refractivity contribution in [3.63, 3.8) is 0 Å². The summed E-state index contributed by atoms with van der Waals surface area (Å²) in [6, 6.07) is 12.0. The van der Waals surface area contributed by atoms with Crippen LogP contribution in [0.5, 0.6) is 0 Å². The Bertz CT molecular complexity index is 1250. The van der Waals surface area contributed by atoms with E-state index < -0.39 is 29.6 Å². The zero-order valence-electron chi connectivity index (χ0n) is 17.7. The van der Waals surface area contributed by atoms with Crippen molar-refractivity contribution < 1.29 is 23.1 Å². The molecule has 0 unspecified atom stereocenters. The number of aliphatic hydroxyl groups is 1. The molecule has 34 heavy (non-hydrogen) atoms. The minimum absolute atomic E-state index is 0.113. The van der Waals surface area contributed by atoms with E-state index >= 15 is 0 Å². The smallest absolute Gasteiger partial charge is 0.281 e. The van der Waals surface area contributed by atoms with E-state index in [0.717, 1.165) is 18.3 Å². The molecule has 1 amide bonds. The van der Waals surface area contributed by atoms with Gasteiger partial charge in [-0.15, -0.1) is 0 Å². The summed E-state index contributed by atoms with van der Waals surface area (Å²) in [6.45, 7) is 0.234. The second-order valence-electron chi connectivity index (χ2n) is 7.93. The maximum Gasteiger partial charge on any atom is 0.281 e. The number of carbonyl (C=O) groups is 1. The van der Waals surface area contributed by atoms with Gasteiger partial charge in [0.15, 0.2) is 0 Å². The molecule has 0 bridgehead atoms. The summed E-state index contributed by atoms with van der Waals surface area (Å²) in [5, 5.41) is 21.1. The average Bonchev–Trinajstić information content (AvgIpc) is 2.84. The van der Waals surface area contributed by atoms with Crippen molar-refractivity contribution in [1.29, 1.82) is 5.26 Å². The highest BCUT2D eigenvalue weighted by Crippen LogP contribution is 2.35. The van der Waals surface area contributed by atoms with Gasteiger partial charge < -0.3 is 10.0 Å². The number of alkyl halides is 2. The first kappa shape index (κ1) is 23.7. The number of pyridine rings is 2. The van der Waals surface area contributed by atoms with E-state index in [9.17, 15) is 28.3 Å². The first-order valence-electron chi connectivity index (χ1n) is 10.3. The summed E-state index contributed by atoms with van der Waals surface area (Å²) < 4.78 is 40.9. The lowest BCUT2D eigenvalue weighted by atomic mass is 9.84. The highest BCUT2D eigenvalue weighted by Gasteiger charge is 2.37. The highest BCUT2D eigenvalue weighted by molar-refractivity contribution is 6.30. The van der Waals surface area contributed by atoms with Crippen LogP contribution in [0.4, 0.5) is 13.2 Å². The Labute approximate surface area is 198 Å². The van der Waals surface area contributed by atoms with Gasteiger partial charge in [-0.3, -0.25) is 4.79 Å². The Balaban J connectivity index is 1.62. The van der Waals surface area contributed by atoms with E-state index in [1.165, 1.54) is 11.0 Å². The van der Waals surface area contributed by atoms with E-state index in [-0.39, 0.29) is 48.3 Å². The van der Waals surface area contributed by atoms with Gasteiger partial charge in [0.2, 0.25) is 5.95 Å². The SMILES string of the molecule is N#Cc1cc(C(=O)N2CCC(O)(c3ccc(Cl)cc3)CC2)c(C(F)F)nc1-c1ccc(F)nc1. The third kappa shape index (κ3) is 4.60. The van der Waals surface area contributed by atoms with E-state index in [2.05, 4.69) is 9.97 Å². The quantitative estimate of drug-likeness (QED) is 0.531. The number of piperidine rings is 1. The fourth-order valence-electron chi connectivity index (χ4n) is 3.99. The maximum absolute atomic E-state index is 13.9. The van der Waals surface area contributed by atoms with Crippen LogP contribution >= 0.6 is 11.6 Å². The standard InChI is InChI=1S/C24H18ClF3N4O2/c25-17-4-2-16(3-5-17)24(34)7-9-32(10-8-24)23(33)18-11-15(12-29)20(31-21(18)22(27)28)14-1-6-19(26)30-13-14/h1-6,11,13,22,34H,7-10H2. The third-order valence-electron chi connectivity index (χ3n) is 5.87. The highest BCUT2D eigenvalue weighted by atomic mass is 35.5. The van der Waals surface area contributed by atoms with Gasteiger partial charge in [0.1, 0.15) is 11.8 Å². The lowest BCUT2D eigenvalue weighted by Gasteiger charge is -2.38. The Morgan fingerprint density at radius 1 is 1.18 bits per heavy atom. The van der Waals surface area contributed by atoms with Crippen molar-refractivity contribution >= 4 is 17.5 Å². The molecule has 3 aromatic rings. The van der Waals surface area contributed by atoms with Crippen LogP contribution in [0.3, 0.4) is 0 Å².